The number of benzene rings is 1. The van der Waals surface area contributed by atoms with Gasteiger partial charge in [-0.2, -0.15) is 5.10 Å². The molecule has 0 spiro atoms. The first kappa shape index (κ1) is 13.4. The summed E-state index contributed by atoms with van der Waals surface area (Å²) in [4.78, 5) is 15.7. The average molecular weight is 304 g/mol. The van der Waals surface area contributed by atoms with Crippen LogP contribution in [-0.2, 0) is 0 Å². The average Bonchev–Trinajstić information content (AvgIpc) is 2.95. The summed E-state index contributed by atoms with van der Waals surface area (Å²) in [5.41, 5.74) is 3.28. The number of hydrogen-bond acceptors (Lipinski definition) is 5. The zero-order valence-corrected chi connectivity index (χ0v) is 11.5. The van der Waals surface area contributed by atoms with Crippen LogP contribution in [0.25, 0.3) is 0 Å². The fraction of sp³-hybridized carbons (Fsp3) is 0.0714. The van der Waals surface area contributed by atoms with Gasteiger partial charge in [0.15, 0.2) is 11.5 Å². The molecule has 2 aromatic rings. The maximum absolute atomic E-state index is 11.7. The van der Waals surface area contributed by atoms with Crippen LogP contribution in [0.2, 0.25) is 5.02 Å². The number of ether oxygens (including phenoxy) is 2. The van der Waals surface area contributed by atoms with Crippen LogP contribution in [0.1, 0.15) is 16.1 Å². The molecule has 3 rings (SSSR count). The van der Waals surface area contributed by atoms with Gasteiger partial charge in [-0.1, -0.05) is 17.7 Å². The van der Waals surface area contributed by atoms with Gasteiger partial charge in [0.1, 0.15) is 5.69 Å². The Morgan fingerprint density at radius 2 is 2.14 bits per heavy atom. The molecule has 0 atom stereocenters. The number of aromatic nitrogens is 1. The monoisotopic (exact) mass is 303 g/mol. The second-order valence-corrected chi connectivity index (χ2v) is 4.55. The SMILES string of the molecule is O=C(N/N=C/c1cc2c(cc1Cl)OCO2)c1ccccn1. The smallest absolute Gasteiger partial charge is 0.289 e. The zero-order chi connectivity index (χ0) is 14.7. The van der Waals surface area contributed by atoms with Crippen molar-refractivity contribution in [1.82, 2.24) is 10.4 Å². The highest BCUT2D eigenvalue weighted by Crippen LogP contribution is 2.36. The molecule has 0 aliphatic carbocycles. The molecule has 0 fully saturated rings. The van der Waals surface area contributed by atoms with Crippen molar-refractivity contribution >= 4 is 23.7 Å². The number of pyridine rings is 1. The molecule has 0 bridgehead atoms. The second-order valence-electron chi connectivity index (χ2n) is 4.14. The Kier molecular flexibility index (Phi) is 3.70. The molecule has 1 aliphatic heterocycles. The molecular weight excluding hydrogens is 294 g/mol. The first-order valence-corrected chi connectivity index (χ1v) is 6.45. The first-order chi connectivity index (χ1) is 10.2. The van der Waals surface area contributed by atoms with E-state index < -0.39 is 5.91 Å². The van der Waals surface area contributed by atoms with Gasteiger partial charge in [-0.3, -0.25) is 9.78 Å². The molecular formula is C14H10ClN3O3. The normalized spacial score (nSPS) is 12.6. The molecule has 0 unspecified atom stereocenters. The molecule has 6 nitrogen and oxygen atoms in total. The summed E-state index contributed by atoms with van der Waals surface area (Å²) in [6.07, 6.45) is 2.97. The quantitative estimate of drug-likeness (QED) is 0.697. The first-order valence-electron chi connectivity index (χ1n) is 6.07. The van der Waals surface area contributed by atoms with E-state index in [2.05, 4.69) is 15.5 Å². The van der Waals surface area contributed by atoms with Crippen LogP contribution in [0, 0.1) is 0 Å². The van der Waals surface area contributed by atoms with Crippen LogP contribution in [0.4, 0.5) is 0 Å². The van der Waals surface area contributed by atoms with Crippen LogP contribution in [0.3, 0.4) is 0 Å². The lowest BCUT2D eigenvalue weighted by molar-refractivity contribution is 0.0950. The lowest BCUT2D eigenvalue weighted by Gasteiger charge is -2.01. The summed E-state index contributed by atoms with van der Waals surface area (Å²) < 4.78 is 10.5. The van der Waals surface area contributed by atoms with Gasteiger partial charge in [-0.05, 0) is 18.2 Å². The van der Waals surface area contributed by atoms with E-state index >= 15 is 0 Å². The Hall–Kier alpha value is -2.60. The summed E-state index contributed by atoms with van der Waals surface area (Å²) in [6.45, 7) is 0.169. The largest absolute Gasteiger partial charge is 0.454 e. The Morgan fingerprint density at radius 3 is 2.90 bits per heavy atom. The van der Waals surface area contributed by atoms with Crippen LogP contribution in [-0.4, -0.2) is 23.9 Å². The molecule has 2 heterocycles. The minimum atomic E-state index is -0.399. The minimum Gasteiger partial charge on any atom is -0.454 e. The number of nitrogens with one attached hydrogen (secondary N) is 1. The van der Waals surface area contributed by atoms with E-state index in [0.717, 1.165) is 0 Å². The number of carbonyl (C=O) groups excluding carboxylic acids is 1. The van der Waals surface area contributed by atoms with Crippen molar-refractivity contribution in [3.8, 4) is 11.5 Å². The predicted molar refractivity (Wildman–Crippen MR) is 76.9 cm³/mol. The maximum Gasteiger partial charge on any atom is 0.289 e. The van der Waals surface area contributed by atoms with Gasteiger partial charge in [-0.25, -0.2) is 5.43 Å². The number of fused-ring (bicyclic) bond motifs is 1. The molecule has 21 heavy (non-hydrogen) atoms. The van der Waals surface area contributed by atoms with Crippen LogP contribution >= 0.6 is 11.6 Å². The zero-order valence-electron chi connectivity index (χ0n) is 10.7. The fourth-order valence-electron chi connectivity index (χ4n) is 1.75. The summed E-state index contributed by atoms with van der Waals surface area (Å²) in [6, 6.07) is 8.39. The number of nitrogens with zero attached hydrogens (tertiary/aromatic N) is 2. The number of amides is 1. The number of hydrogen-bond donors (Lipinski definition) is 1. The molecule has 0 saturated carbocycles. The molecule has 0 saturated heterocycles. The van der Waals surface area contributed by atoms with Gasteiger partial charge in [0.2, 0.25) is 6.79 Å². The summed E-state index contributed by atoms with van der Waals surface area (Å²) in [5.74, 6) is 0.787. The van der Waals surface area contributed by atoms with E-state index in [1.54, 1.807) is 30.3 Å². The molecule has 7 heteroatoms. The number of rotatable bonds is 3. The third kappa shape index (κ3) is 2.95. The van der Waals surface area contributed by atoms with Crippen molar-refractivity contribution in [2.75, 3.05) is 6.79 Å². The van der Waals surface area contributed by atoms with Crippen LogP contribution in [0.5, 0.6) is 11.5 Å². The highest BCUT2D eigenvalue weighted by atomic mass is 35.5. The number of hydrazone groups is 1. The third-order valence-electron chi connectivity index (χ3n) is 2.76. The van der Waals surface area contributed by atoms with Crippen LogP contribution in [0.15, 0.2) is 41.6 Å². The Labute approximate surface area is 125 Å². The van der Waals surface area contributed by atoms with E-state index in [-0.39, 0.29) is 12.5 Å². The third-order valence-corrected chi connectivity index (χ3v) is 3.09. The Morgan fingerprint density at radius 1 is 1.33 bits per heavy atom. The molecule has 0 radical (unpaired) electrons. The molecule has 106 valence electrons. The van der Waals surface area contributed by atoms with Crippen molar-refractivity contribution in [3.05, 3.63) is 52.8 Å². The minimum absolute atomic E-state index is 0.169. The molecule has 1 aromatic heterocycles. The second kappa shape index (κ2) is 5.80. The van der Waals surface area contributed by atoms with Gasteiger partial charge in [-0.15, -0.1) is 0 Å². The van der Waals surface area contributed by atoms with Gasteiger partial charge >= 0.3 is 0 Å². The van der Waals surface area contributed by atoms with Crippen molar-refractivity contribution in [1.29, 1.82) is 0 Å². The number of carbonyl (C=O) groups is 1. The summed E-state index contributed by atoms with van der Waals surface area (Å²) in [7, 11) is 0. The molecule has 1 amide bonds. The van der Waals surface area contributed by atoms with Crippen molar-refractivity contribution in [2.24, 2.45) is 5.10 Å². The van der Waals surface area contributed by atoms with Gasteiger partial charge in [0.25, 0.3) is 5.91 Å². The van der Waals surface area contributed by atoms with E-state index in [0.29, 0.717) is 22.1 Å². The topological polar surface area (TPSA) is 72.8 Å². The van der Waals surface area contributed by atoms with Gasteiger partial charge in [0.05, 0.1) is 11.2 Å². The van der Waals surface area contributed by atoms with E-state index in [1.807, 2.05) is 0 Å². The standard InChI is InChI=1S/C14H10ClN3O3/c15-10-6-13-12(20-8-21-13)5-9(10)7-17-18-14(19)11-3-1-2-4-16-11/h1-7H,8H2,(H,18,19)/b17-7+. The van der Waals surface area contributed by atoms with E-state index in [4.69, 9.17) is 21.1 Å². The predicted octanol–water partition coefficient (Wildman–Crippen LogP) is 2.23. The van der Waals surface area contributed by atoms with E-state index in [9.17, 15) is 4.79 Å². The van der Waals surface area contributed by atoms with Crippen LogP contribution < -0.4 is 14.9 Å². The highest BCUT2D eigenvalue weighted by Gasteiger charge is 2.15. The van der Waals surface area contributed by atoms with Crippen molar-refractivity contribution in [3.63, 3.8) is 0 Å². The van der Waals surface area contributed by atoms with Gasteiger partial charge < -0.3 is 9.47 Å². The van der Waals surface area contributed by atoms with E-state index in [1.165, 1.54) is 12.4 Å². The molecule has 1 N–H and O–H groups in total. The summed E-state index contributed by atoms with van der Waals surface area (Å²) in [5, 5.41) is 4.31. The Bertz CT molecular complexity index is 704. The fourth-order valence-corrected chi connectivity index (χ4v) is 1.95. The molecule has 1 aromatic carbocycles. The molecule has 1 aliphatic rings. The highest BCUT2D eigenvalue weighted by molar-refractivity contribution is 6.33. The maximum atomic E-state index is 11.7. The van der Waals surface area contributed by atoms with Gasteiger partial charge in [0, 0.05) is 17.8 Å². The van der Waals surface area contributed by atoms with Crippen molar-refractivity contribution in [2.45, 2.75) is 0 Å². The number of halogens is 1. The Balaban J connectivity index is 1.71. The lowest BCUT2D eigenvalue weighted by Crippen LogP contribution is -2.18. The van der Waals surface area contributed by atoms with Crippen molar-refractivity contribution < 1.29 is 14.3 Å². The summed E-state index contributed by atoms with van der Waals surface area (Å²) >= 11 is 6.09. The lowest BCUT2D eigenvalue weighted by atomic mass is 10.2.